The molecule has 8 heteroatoms. The molecule has 0 unspecified atom stereocenters. The first-order chi connectivity index (χ1) is 33.7. The minimum absolute atomic E-state index is 0.593. The van der Waals surface area contributed by atoms with Gasteiger partial charge in [-0.15, -0.1) is 0 Å². The summed E-state index contributed by atoms with van der Waals surface area (Å²) < 4.78 is 0. The van der Waals surface area contributed by atoms with E-state index < -0.39 is 0 Å². The van der Waals surface area contributed by atoms with Crippen LogP contribution in [-0.2, 0) is 0 Å². The lowest BCUT2D eigenvalue weighted by atomic mass is 9.89. The average molecular weight is 867 g/mol. The second-order valence-electron chi connectivity index (χ2n) is 17.1. The fourth-order valence-electron chi connectivity index (χ4n) is 9.94. The van der Waals surface area contributed by atoms with Crippen molar-refractivity contribution in [2.75, 3.05) is 0 Å². The van der Waals surface area contributed by atoms with Gasteiger partial charge in [-0.05, 0) is 102 Å². The average Bonchev–Trinajstić information content (AvgIpc) is 3.41. The van der Waals surface area contributed by atoms with E-state index in [0.29, 0.717) is 34.9 Å². The van der Waals surface area contributed by atoms with Gasteiger partial charge in [-0.2, -0.15) is 0 Å². The molecule has 14 rings (SSSR count). The van der Waals surface area contributed by atoms with Crippen LogP contribution >= 0.6 is 0 Å². The first kappa shape index (κ1) is 37.9. The van der Waals surface area contributed by atoms with E-state index in [0.717, 1.165) is 109 Å². The number of nitrogens with zero attached hydrogens (tertiary/aromatic N) is 8. The Balaban J connectivity index is 0.979. The van der Waals surface area contributed by atoms with E-state index in [2.05, 4.69) is 131 Å². The van der Waals surface area contributed by atoms with Crippen molar-refractivity contribution in [1.29, 1.82) is 0 Å². The van der Waals surface area contributed by atoms with Crippen LogP contribution in [0.4, 0.5) is 0 Å². The zero-order chi connectivity index (χ0) is 44.7. The molecule has 0 fully saturated rings. The van der Waals surface area contributed by atoms with Crippen molar-refractivity contribution in [3.05, 3.63) is 207 Å². The van der Waals surface area contributed by atoms with Crippen LogP contribution in [0.1, 0.15) is 0 Å². The number of hydrogen-bond donors (Lipinski definition) is 0. The summed E-state index contributed by atoms with van der Waals surface area (Å²) in [6, 6.07) is 67.0. The van der Waals surface area contributed by atoms with Crippen LogP contribution < -0.4 is 0 Å². The van der Waals surface area contributed by atoms with E-state index in [1.807, 2.05) is 85.2 Å². The molecule has 0 spiro atoms. The van der Waals surface area contributed by atoms with E-state index in [1.54, 1.807) is 0 Å². The monoisotopic (exact) mass is 866 g/mol. The van der Waals surface area contributed by atoms with Crippen LogP contribution in [-0.4, -0.2) is 39.9 Å². The number of pyridine rings is 2. The number of benzene rings is 10. The van der Waals surface area contributed by atoms with Crippen molar-refractivity contribution in [3.63, 3.8) is 0 Å². The van der Waals surface area contributed by atoms with Crippen LogP contribution in [0.15, 0.2) is 207 Å². The zero-order valence-electron chi connectivity index (χ0n) is 36.2. The summed E-state index contributed by atoms with van der Waals surface area (Å²) in [7, 11) is 0. The Labute approximate surface area is 388 Å². The standard InChI is InChI=1S/C60H34N8/c1-3-11-37(12-4-1)55-63-57(45-19-7-15-39-31-41-17-9-29-61-51(41)33-49(39)45)67-59(65-55)47-27-23-35-22-26-44-48(28-24-36-21-25-43(47)53(35)54(36)44)60-66-56(38-13-5-2-6-14-38)64-58(68-60)46-20-8-16-40-32-42-18-10-30-62-52(42)34-50(40)46/h1-34H. The summed E-state index contributed by atoms with van der Waals surface area (Å²) in [5.41, 5.74) is 7.31. The molecule has 0 saturated carbocycles. The van der Waals surface area contributed by atoms with Gasteiger partial charge in [0, 0.05) is 56.5 Å². The molecule has 0 radical (unpaired) electrons. The molecule has 4 heterocycles. The highest BCUT2D eigenvalue weighted by atomic mass is 15.0. The van der Waals surface area contributed by atoms with E-state index in [1.165, 1.54) is 0 Å². The molecule has 0 amide bonds. The summed E-state index contributed by atoms with van der Waals surface area (Å²) in [5, 5.41) is 13.0. The van der Waals surface area contributed by atoms with Crippen molar-refractivity contribution < 1.29 is 0 Å². The van der Waals surface area contributed by atoms with Gasteiger partial charge in [-0.3, -0.25) is 9.97 Å². The predicted octanol–water partition coefficient (Wildman–Crippen LogP) is 14.4. The number of hydrogen-bond acceptors (Lipinski definition) is 8. The maximum absolute atomic E-state index is 5.32. The molecule has 314 valence electrons. The van der Waals surface area contributed by atoms with Crippen LogP contribution in [0.3, 0.4) is 0 Å². The molecule has 0 aliphatic heterocycles. The van der Waals surface area contributed by atoms with E-state index >= 15 is 0 Å². The van der Waals surface area contributed by atoms with Crippen molar-refractivity contribution in [2.24, 2.45) is 0 Å². The van der Waals surface area contributed by atoms with Gasteiger partial charge < -0.3 is 0 Å². The molecule has 0 bridgehead atoms. The molecule has 68 heavy (non-hydrogen) atoms. The minimum atomic E-state index is 0.593. The van der Waals surface area contributed by atoms with E-state index in [9.17, 15) is 0 Å². The maximum atomic E-state index is 5.32. The van der Waals surface area contributed by atoms with Gasteiger partial charge in [0.05, 0.1) is 11.0 Å². The number of rotatable bonds is 6. The summed E-state index contributed by atoms with van der Waals surface area (Å²) in [5.74, 6) is 3.58. The van der Waals surface area contributed by atoms with E-state index in [-0.39, 0.29) is 0 Å². The van der Waals surface area contributed by atoms with Crippen molar-refractivity contribution >= 4 is 75.7 Å². The van der Waals surface area contributed by atoms with Gasteiger partial charge in [-0.1, -0.05) is 146 Å². The van der Waals surface area contributed by atoms with Crippen molar-refractivity contribution in [2.45, 2.75) is 0 Å². The Morgan fingerprint density at radius 2 is 0.618 bits per heavy atom. The lowest BCUT2D eigenvalue weighted by Crippen LogP contribution is -2.02. The first-order valence-electron chi connectivity index (χ1n) is 22.6. The molecule has 0 saturated heterocycles. The smallest absolute Gasteiger partial charge is 0.164 e. The summed E-state index contributed by atoms with van der Waals surface area (Å²) in [6.45, 7) is 0. The Kier molecular flexibility index (Phi) is 8.41. The van der Waals surface area contributed by atoms with Crippen LogP contribution in [0.25, 0.3) is 144 Å². The van der Waals surface area contributed by atoms with E-state index in [4.69, 9.17) is 29.9 Å². The second-order valence-corrected chi connectivity index (χ2v) is 17.1. The maximum Gasteiger partial charge on any atom is 0.164 e. The number of fused-ring (bicyclic) bond motifs is 4. The lowest BCUT2D eigenvalue weighted by molar-refractivity contribution is 1.08. The Hall–Kier alpha value is -9.40. The molecule has 0 aliphatic carbocycles. The molecule has 14 aromatic rings. The van der Waals surface area contributed by atoms with Gasteiger partial charge in [0.15, 0.2) is 34.9 Å². The molecule has 0 aliphatic rings. The second kappa shape index (κ2) is 15.1. The summed E-state index contributed by atoms with van der Waals surface area (Å²) in [4.78, 5) is 40.8. The quantitative estimate of drug-likeness (QED) is 0.120. The van der Waals surface area contributed by atoms with Gasteiger partial charge in [0.1, 0.15) is 0 Å². The van der Waals surface area contributed by atoms with Gasteiger partial charge in [-0.25, -0.2) is 29.9 Å². The Morgan fingerprint density at radius 1 is 0.235 bits per heavy atom. The highest BCUT2D eigenvalue weighted by Crippen LogP contribution is 2.43. The molecular weight excluding hydrogens is 833 g/mol. The summed E-state index contributed by atoms with van der Waals surface area (Å²) in [6.07, 6.45) is 3.66. The van der Waals surface area contributed by atoms with Gasteiger partial charge >= 0.3 is 0 Å². The molecule has 4 aromatic heterocycles. The normalized spacial score (nSPS) is 11.8. The fraction of sp³-hybridized carbons (Fsp3) is 0. The largest absolute Gasteiger partial charge is 0.256 e. The molecule has 8 nitrogen and oxygen atoms in total. The summed E-state index contributed by atoms with van der Waals surface area (Å²) >= 11 is 0. The van der Waals surface area contributed by atoms with Crippen LogP contribution in [0, 0.1) is 0 Å². The Morgan fingerprint density at radius 3 is 1.06 bits per heavy atom. The van der Waals surface area contributed by atoms with Crippen molar-refractivity contribution in [3.8, 4) is 68.3 Å². The van der Waals surface area contributed by atoms with Gasteiger partial charge in [0.25, 0.3) is 0 Å². The minimum Gasteiger partial charge on any atom is -0.256 e. The predicted molar refractivity (Wildman–Crippen MR) is 275 cm³/mol. The molecule has 10 aromatic carbocycles. The highest BCUT2D eigenvalue weighted by Gasteiger charge is 2.22. The fourth-order valence-corrected chi connectivity index (χ4v) is 9.94. The topological polar surface area (TPSA) is 103 Å². The lowest BCUT2D eigenvalue weighted by Gasteiger charge is -2.17. The first-order valence-corrected chi connectivity index (χ1v) is 22.6. The zero-order valence-corrected chi connectivity index (χ0v) is 36.2. The van der Waals surface area contributed by atoms with Crippen molar-refractivity contribution in [1.82, 2.24) is 39.9 Å². The third-order valence-corrected chi connectivity index (χ3v) is 13.2. The number of aromatic nitrogens is 8. The highest BCUT2D eigenvalue weighted by molar-refractivity contribution is 6.27. The third kappa shape index (κ3) is 6.16. The third-order valence-electron chi connectivity index (χ3n) is 13.2. The Bertz CT molecular complexity index is 4050. The SMILES string of the molecule is c1ccc(-c2nc(-c3cccc4cc5cccnc5cc34)nc(-c3ccc4ccc5c(-c6nc(-c7ccccc7)nc(-c7cccc8cc9cccnc9cc78)n6)ccc6ccc3c4c65)n2)cc1. The molecular formula is C60H34N8. The van der Waals surface area contributed by atoms with Crippen LogP contribution in [0.2, 0.25) is 0 Å². The molecule has 0 N–H and O–H groups in total. The van der Waals surface area contributed by atoms with Gasteiger partial charge in [0.2, 0.25) is 0 Å². The molecule has 0 atom stereocenters. The van der Waals surface area contributed by atoms with Crippen LogP contribution in [0.5, 0.6) is 0 Å².